The fraction of sp³-hybridized carbons (Fsp3) is 0.588. The molecular formula is C17H28N2O. The molecule has 112 valence electrons. The molecule has 0 bridgehead atoms. The van der Waals surface area contributed by atoms with E-state index in [1.54, 1.807) is 0 Å². The largest absolute Gasteiger partial charge is 0.348 e. The predicted octanol–water partition coefficient (Wildman–Crippen LogP) is 3.36. The molecular weight excluding hydrogens is 248 g/mol. The second kappa shape index (κ2) is 6.40. The van der Waals surface area contributed by atoms with Crippen molar-refractivity contribution >= 4 is 5.91 Å². The first kappa shape index (κ1) is 16.7. The van der Waals surface area contributed by atoms with Gasteiger partial charge in [0.15, 0.2) is 0 Å². The molecule has 0 radical (unpaired) electrons. The Morgan fingerprint density at radius 2 is 1.50 bits per heavy atom. The van der Waals surface area contributed by atoms with E-state index in [-0.39, 0.29) is 17.4 Å². The number of nitrogens with two attached hydrogens (primary N) is 1. The highest BCUT2D eigenvalue weighted by atomic mass is 16.2. The van der Waals surface area contributed by atoms with Crippen LogP contribution >= 0.6 is 0 Å². The highest BCUT2D eigenvalue weighted by molar-refractivity contribution is 5.82. The van der Waals surface area contributed by atoms with Crippen LogP contribution in [0.4, 0.5) is 0 Å². The summed E-state index contributed by atoms with van der Waals surface area (Å²) in [6.45, 7) is 12.2. The van der Waals surface area contributed by atoms with E-state index in [9.17, 15) is 4.79 Å². The lowest BCUT2D eigenvalue weighted by Gasteiger charge is -2.27. The standard InChI is InChI=1S/C17H28N2O/c1-11(2)13-7-9-14(10-8-13)12(3)19-16(20)15(18)17(4,5)6/h7-12,15H,18H2,1-6H3,(H,19,20)/t12?,15-/m1/s1. The summed E-state index contributed by atoms with van der Waals surface area (Å²) < 4.78 is 0. The summed E-state index contributed by atoms with van der Waals surface area (Å²) in [5, 5.41) is 2.99. The molecule has 0 aromatic heterocycles. The molecule has 20 heavy (non-hydrogen) atoms. The summed E-state index contributed by atoms with van der Waals surface area (Å²) in [7, 11) is 0. The van der Waals surface area contributed by atoms with E-state index < -0.39 is 6.04 Å². The lowest BCUT2D eigenvalue weighted by molar-refractivity contribution is -0.125. The highest BCUT2D eigenvalue weighted by Gasteiger charge is 2.28. The average Bonchev–Trinajstić information content (AvgIpc) is 2.36. The zero-order chi connectivity index (χ0) is 15.5. The van der Waals surface area contributed by atoms with Gasteiger partial charge in [-0.3, -0.25) is 4.79 Å². The predicted molar refractivity (Wildman–Crippen MR) is 84.5 cm³/mol. The summed E-state index contributed by atoms with van der Waals surface area (Å²) >= 11 is 0. The second-order valence-electron chi connectivity index (χ2n) is 6.90. The van der Waals surface area contributed by atoms with E-state index in [1.165, 1.54) is 5.56 Å². The zero-order valence-corrected chi connectivity index (χ0v) is 13.5. The molecule has 1 amide bonds. The Bertz CT molecular complexity index is 443. The summed E-state index contributed by atoms with van der Waals surface area (Å²) in [4.78, 5) is 12.1. The van der Waals surface area contributed by atoms with Crippen LogP contribution in [0, 0.1) is 5.41 Å². The van der Waals surface area contributed by atoms with Crippen LogP contribution in [0.15, 0.2) is 24.3 Å². The monoisotopic (exact) mass is 276 g/mol. The summed E-state index contributed by atoms with van der Waals surface area (Å²) in [5.41, 5.74) is 8.15. The van der Waals surface area contributed by atoms with Crippen LogP contribution in [0.2, 0.25) is 0 Å². The number of hydrogen-bond donors (Lipinski definition) is 2. The molecule has 2 atom stereocenters. The molecule has 0 aliphatic heterocycles. The van der Waals surface area contributed by atoms with Crippen LogP contribution < -0.4 is 11.1 Å². The van der Waals surface area contributed by atoms with Crippen molar-refractivity contribution in [2.45, 2.75) is 59.5 Å². The topological polar surface area (TPSA) is 55.1 Å². The van der Waals surface area contributed by atoms with Gasteiger partial charge in [-0.05, 0) is 29.4 Å². The molecule has 0 fully saturated rings. The van der Waals surface area contributed by atoms with Crippen LogP contribution in [0.5, 0.6) is 0 Å². The molecule has 0 heterocycles. The molecule has 3 N–H and O–H groups in total. The Morgan fingerprint density at radius 1 is 1.05 bits per heavy atom. The van der Waals surface area contributed by atoms with Crippen LogP contribution in [-0.4, -0.2) is 11.9 Å². The van der Waals surface area contributed by atoms with Gasteiger partial charge < -0.3 is 11.1 Å². The van der Waals surface area contributed by atoms with Crippen molar-refractivity contribution < 1.29 is 4.79 Å². The van der Waals surface area contributed by atoms with Crippen molar-refractivity contribution in [3.63, 3.8) is 0 Å². The van der Waals surface area contributed by atoms with Gasteiger partial charge >= 0.3 is 0 Å². The number of benzene rings is 1. The third-order valence-electron chi connectivity index (χ3n) is 3.68. The molecule has 1 unspecified atom stereocenters. The fourth-order valence-electron chi connectivity index (χ4n) is 1.95. The summed E-state index contributed by atoms with van der Waals surface area (Å²) in [6, 6.07) is 7.85. The Balaban J connectivity index is 2.71. The molecule has 1 rings (SSSR count). The van der Waals surface area contributed by atoms with Crippen LogP contribution in [0.1, 0.15) is 64.6 Å². The first-order valence-electron chi connectivity index (χ1n) is 7.28. The fourth-order valence-corrected chi connectivity index (χ4v) is 1.95. The molecule has 1 aromatic carbocycles. The maximum absolute atomic E-state index is 12.1. The third kappa shape index (κ3) is 4.34. The molecule has 1 aromatic rings. The number of amides is 1. The minimum absolute atomic E-state index is 0.0305. The van der Waals surface area contributed by atoms with Crippen molar-refractivity contribution in [2.75, 3.05) is 0 Å². The van der Waals surface area contributed by atoms with Gasteiger partial charge in [-0.1, -0.05) is 58.9 Å². The zero-order valence-electron chi connectivity index (χ0n) is 13.5. The maximum atomic E-state index is 12.1. The SMILES string of the molecule is CC(C)c1ccc(C(C)NC(=O)[C@@H](N)C(C)(C)C)cc1. The minimum atomic E-state index is -0.500. The number of nitrogens with one attached hydrogen (secondary N) is 1. The van der Waals surface area contributed by atoms with Crippen molar-refractivity contribution in [3.05, 3.63) is 35.4 Å². The summed E-state index contributed by atoms with van der Waals surface area (Å²) in [5.74, 6) is 0.418. The van der Waals surface area contributed by atoms with Crippen molar-refractivity contribution in [1.29, 1.82) is 0 Å². The first-order valence-corrected chi connectivity index (χ1v) is 7.28. The minimum Gasteiger partial charge on any atom is -0.348 e. The van der Waals surface area contributed by atoms with E-state index in [4.69, 9.17) is 5.73 Å². The first-order chi connectivity index (χ1) is 9.12. The Hall–Kier alpha value is -1.35. The van der Waals surface area contributed by atoms with Gasteiger partial charge in [-0.25, -0.2) is 0 Å². The molecule has 3 heteroatoms. The maximum Gasteiger partial charge on any atom is 0.237 e. The number of carbonyl (C=O) groups is 1. The van der Waals surface area contributed by atoms with Crippen molar-refractivity contribution in [2.24, 2.45) is 11.1 Å². The van der Waals surface area contributed by atoms with Gasteiger partial charge in [-0.15, -0.1) is 0 Å². The third-order valence-corrected chi connectivity index (χ3v) is 3.68. The Labute approximate surface area is 122 Å². The van der Waals surface area contributed by atoms with E-state index in [0.29, 0.717) is 5.92 Å². The molecule has 0 aliphatic carbocycles. The second-order valence-corrected chi connectivity index (χ2v) is 6.90. The number of hydrogen-bond acceptors (Lipinski definition) is 2. The van der Waals surface area contributed by atoms with Gasteiger partial charge in [0.1, 0.15) is 0 Å². The molecule has 0 saturated heterocycles. The quantitative estimate of drug-likeness (QED) is 0.886. The van der Waals surface area contributed by atoms with E-state index in [2.05, 4.69) is 43.4 Å². The molecule has 0 spiro atoms. The van der Waals surface area contributed by atoms with Gasteiger partial charge in [0, 0.05) is 0 Å². The smallest absolute Gasteiger partial charge is 0.237 e. The normalized spacial score (nSPS) is 15.0. The molecule has 3 nitrogen and oxygen atoms in total. The Kier molecular flexibility index (Phi) is 5.35. The molecule has 0 saturated carbocycles. The molecule has 0 aliphatic rings. The number of carbonyl (C=O) groups excluding carboxylic acids is 1. The van der Waals surface area contributed by atoms with Gasteiger partial charge in [0.05, 0.1) is 12.1 Å². The van der Waals surface area contributed by atoms with E-state index in [0.717, 1.165) is 5.56 Å². The van der Waals surface area contributed by atoms with Crippen LogP contribution in [0.25, 0.3) is 0 Å². The average molecular weight is 276 g/mol. The lowest BCUT2D eigenvalue weighted by Crippen LogP contribution is -2.49. The van der Waals surface area contributed by atoms with Crippen molar-refractivity contribution in [1.82, 2.24) is 5.32 Å². The van der Waals surface area contributed by atoms with Crippen LogP contribution in [0.3, 0.4) is 0 Å². The number of rotatable bonds is 4. The Morgan fingerprint density at radius 3 is 1.90 bits per heavy atom. The lowest BCUT2D eigenvalue weighted by atomic mass is 9.86. The summed E-state index contributed by atoms with van der Waals surface area (Å²) in [6.07, 6.45) is 0. The van der Waals surface area contributed by atoms with Gasteiger partial charge in [-0.2, -0.15) is 0 Å². The van der Waals surface area contributed by atoms with E-state index >= 15 is 0 Å². The van der Waals surface area contributed by atoms with Crippen molar-refractivity contribution in [3.8, 4) is 0 Å². The van der Waals surface area contributed by atoms with Gasteiger partial charge in [0.2, 0.25) is 5.91 Å². The van der Waals surface area contributed by atoms with Crippen LogP contribution in [-0.2, 0) is 4.79 Å². The highest BCUT2D eigenvalue weighted by Crippen LogP contribution is 2.21. The van der Waals surface area contributed by atoms with E-state index in [1.807, 2.05) is 27.7 Å². The van der Waals surface area contributed by atoms with Gasteiger partial charge in [0.25, 0.3) is 0 Å².